The lowest BCUT2D eigenvalue weighted by Gasteiger charge is -2.12. The summed E-state index contributed by atoms with van der Waals surface area (Å²) in [5.74, 6) is 1.32. The van der Waals surface area contributed by atoms with Crippen LogP contribution in [0.4, 0.5) is 5.69 Å². The van der Waals surface area contributed by atoms with E-state index in [1.54, 1.807) is 18.9 Å². The van der Waals surface area contributed by atoms with Crippen LogP contribution in [0.25, 0.3) is 0 Å². The van der Waals surface area contributed by atoms with E-state index in [-0.39, 0.29) is 0 Å². The minimum absolute atomic E-state index is 0.521. The van der Waals surface area contributed by atoms with E-state index in [0.29, 0.717) is 23.2 Å². The zero-order valence-electron chi connectivity index (χ0n) is 12.2. The van der Waals surface area contributed by atoms with Gasteiger partial charge >= 0.3 is 0 Å². The second-order valence-electron chi connectivity index (χ2n) is 4.36. The fourth-order valence-electron chi connectivity index (χ4n) is 1.82. The van der Waals surface area contributed by atoms with Crippen LogP contribution in [0.3, 0.4) is 0 Å². The van der Waals surface area contributed by atoms with E-state index in [0.717, 1.165) is 11.4 Å². The van der Waals surface area contributed by atoms with E-state index < -0.39 is 0 Å². The highest BCUT2D eigenvalue weighted by Gasteiger charge is 2.06. The highest BCUT2D eigenvalue weighted by Crippen LogP contribution is 2.29. The summed E-state index contributed by atoms with van der Waals surface area (Å²) in [7, 11) is 5.08. The molecule has 2 aromatic rings. The molecule has 0 saturated heterocycles. The van der Waals surface area contributed by atoms with Gasteiger partial charge in [0.2, 0.25) is 0 Å². The molecule has 7 heteroatoms. The number of thiocarbonyl (C=S) groups is 1. The number of methoxy groups -OCH3 is 2. The maximum Gasteiger partial charge on any atom is 0.171 e. The van der Waals surface area contributed by atoms with Crippen molar-refractivity contribution >= 4 is 23.0 Å². The molecule has 2 rings (SSSR count). The summed E-state index contributed by atoms with van der Waals surface area (Å²) < 4.78 is 12.2. The van der Waals surface area contributed by atoms with Crippen LogP contribution >= 0.6 is 12.2 Å². The van der Waals surface area contributed by atoms with Gasteiger partial charge in [-0.1, -0.05) is 0 Å². The van der Waals surface area contributed by atoms with E-state index in [2.05, 4.69) is 15.7 Å². The molecule has 0 saturated carbocycles. The molecule has 112 valence electrons. The summed E-state index contributed by atoms with van der Waals surface area (Å²) >= 11 is 5.25. The number of hydrogen-bond donors (Lipinski definition) is 2. The van der Waals surface area contributed by atoms with Crippen molar-refractivity contribution in [2.75, 3.05) is 19.5 Å². The minimum atomic E-state index is 0.521. The molecule has 0 radical (unpaired) electrons. The first-order valence-electron chi connectivity index (χ1n) is 6.38. The number of benzene rings is 1. The molecule has 2 N–H and O–H groups in total. The van der Waals surface area contributed by atoms with Crippen molar-refractivity contribution in [3.8, 4) is 11.5 Å². The lowest BCUT2D eigenvalue weighted by molar-refractivity contribution is 0.355. The van der Waals surface area contributed by atoms with Crippen LogP contribution in [-0.4, -0.2) is 29.1 Å². The Morgan fingerprint density at radius 3 is 2.62 bits per heavy atom. The molecular formula is C14H18N4O2S. The van der Waals surface area contributed by atoms with Crippen molar-refractivity contribution in [3.63, 3.8) is 0 Å². The third kappa shape index (κ3) is 4.09. The molecule has 0 unspecified atom stereocenters. The van der Waals surface area contributed by atoms with Gasteiger partial charge in [0.05, 0.1) is 26.5 Å². The summed E-state index contributed by atoms with van der Waals surface area (Å²) in [6.07, 6.45) is 1.89. The molecule has 1 aromatic carbocycles. The third-order valence-electron chi connectivity index (χ3n) is 2.84. The number of aromatic nitrogens is 2. The number of nitrogens with one attached hydrogen (secondary N) is 2. The fourth-order valence-corrected chi connectivity index (χ4v) is 2.01. The van der Waals surface area contributed by atoms with Gasteiger partial charge in [0.25, 0.3) is 0 Å². The highest BCUT2D eigenvalue weighted by molar-refractivity contribution is 7.80. The van der Waals surface area contributed by atoms with Crippen LogP contribution in [-0.2, 0) is 13.6 Å². The van der Waals surface area contributed by atoms with E-state index in [4.69, 9.17) is 21.7 Å². The Balaban J connectivity index is 1.93. The highest BCUT2D eigenvalue weighted by atomic mass is 32.1. The molecule has 0 atom stereocenters. The zero-order valence-corrected chi connectivity index (χ0v) is 13.0. The smallest absolute Gasteiger partial charge is 0.171 e. The summed E-state index contributed by atoms with van der Waals surface area (Å²) in [4.78, 5) is 0. The van der Waals surface area contributed by atoms with Gasteiger partial charge in [-0.2, -0.15) is 5.10 Å². The summed E-state index contributed by atoms with van der Waals surface area (Å²) in [5, 5.41) is 11.0. The Labute approximate surface area is 129 Å². The largest absolute Gasteiger partial charge is 0.493 e. The topological polar surface area (TPSA) is 60.3 Å². The molecular weight excluding hydrogens is 288 g/mol. The Morgan fingerprint density at radius 1 is 1.24 bits per heavy atom. The van der Waals surface area contributed by atoms with Crippen molar-refractivity contribution in [2.24, 2.45) is 7.05 Å². The molecule has 1 heterocycles. The average Bonchev–Trinajstić information content (AvgIpc) is 2.90. The molecule has 21 heavy (non-hydrogen) atoms. The second-order valence-corrected chi connectivity index (χ2v) is 4.77. The number of hydrogen-bond acceptors (Lipinski definition) is 4. The molecule has 1 aromatic heterocycles. The van der Waals surface area contributed by atoms with Gasteiger partial charge in [0.15, 0.2) is 16.6 Å². The Kier molecular flexibility index (Phi) is 4.99. The first-order chi connectivity index (χ1) is 10.1. The van der Waals surface area contributed by atoms with E-state index in [9.17, 15) is 0 Å². The number of anilines is 1. The number of aryl methyl sites for hydroxylation is 1. The van der Waals surface area contributed by atoms with Gasteiger partial charge < -0.3 is 20.1 Å². The normalized spacial score (nSPS) is 10.0. The maximum absolute atomic E-state index is 5.25. The van der Waals surface area contributed by atoms with Gasteiger partial charge in [-0.15, -0.1) is 0 Å². The van der Waals surface area contributed by atoms with Gasteiger partial charge in [-0.25, -0.2) is 0 Å². The molecule has 0 aliphatic rings. The predicted molar refractivity (Wildman–Crippen MR) is 85.8 cm³/mol. The van der Waals surface area contributed by atoms with Crippen LogP contribution in [0.2, 0.25) is 0 Å². The lowest BCUT2D eigenvalue weighted by atomic mass is 10.3. The van der Waals surface area contributed by atoms with Crippen LogP contribution in [0, 0.1) is 0 Å². The van der Waals surface area contributed by atoms with Crippen molar-refractivity contribution in [1.29, 1.82) is 0 Å². The summed E-state index contributed by atoms with van der Waals surface area (Å²) in [6.45, 7) is 0.569. The minimum Gasteiger partial charge on any atom is -0.493 e. The molecule has 6 nitrogen and oxygen atoms in total. The third-order valence-corrected chi connectivity index (χ3v) is 3.09. The molecule has 0 aliphatic carbocycles. The van der Waals surface area contributed by atoms with Crippen LogP contribution in [0.1, 0.15) is 5.69 Å². The van der Waals surface area contributed by atoms with Crippen molar-refractivity contribution in [2.45, 2.75) is 6.54 Å². The van der Waals surface area contributed by atoms with Crippen molar-refractivity contribution in [1.82, 2.24) is 15.1 Å². The number of rotatable bonds is 5. The van der Waals surface area contributed by atoms with Gasteiger partial charge in [0, 0.05) is 25.0 Å². The van der Waals surface area contributed by atoms with Crippen LogP contribution in [0.5, 0.6) is 11.5 Å². The van der Waals surface area contributed by atoms with Gasteiger partial charge in [0.1, 0.15) is 0 Å². The Bertz CT molecular complexity index is 627. The second kappa shape index (κ2) is 6.94. The molecule has 0 bridgehead atoms. The molecule has 0 spiro atoms. The number of ether oxygens (including phenoxy) is 2. The summed E-state index contributed by atoms with van der Waals surface area (Å²) in [5.41, 5.74) is 1.75. The first-order valence-corrected chi connectivity index (χ1v) is 6.78. The van der Waals surface area contributed by atoms with Crippen molar-refractivity contribution in [3.05, 3.63) is 36.2 Å². The molecule has 0 fully saturated rings. The van der Waals surface area contributed by atoms with Crippen LogP contribution in [0.15, 0.2) is 30.5 Å². The Morgan fingerprint density at radius 2 is 2.00 bits per heavy atom. The summed E-state index contributed by atoms with van der Waals surface area (Å²) in [6, 6.07) is 7.46. The first kappa shape index (κ1) is 15.1. The van der Waals surface area contributed by atoms with Gasteiger partial charge in [-0.05, 0) is 30.4 Å². The predicted octanol–water partition coefficient (Wildman–Crippen LogP) is 1.92. The van der Waals surface area contributed by atoms with Gasteiger partial charge in [-0.3, -0.25) is 4.68 Å². The average molecular weight is 306 g/mol. The molecule has 0 amide bonds. The fraction of sp³-hybridized carbons (Fsp3) is 0.286. The standard InChI is InChI=1S/C14H18N4O2S/c1-18-7-6-11(17-18)9-15-14(21)16-10-4-5-12(19-2)13(8-10)20-3/h4-8H,9H2,1-3H3,(H2,15,16,21). The lowest BCUT2D eigenvalue weighted by Crippen LogP contribution is -2.28. The SMILES string of the molecule is COc1ccc(NC(=S)NCc2ccn(C)n2)cc1OC. The zero-order chi connectivity index (χ0) is 15.2. The molecule has 0 aliphatic heterocycles. The van der Waals surface area contributed by atoms with E-state index >= 15 is 0 Å². The maximum atomic E-state index is 5.25. The quantitative estimate of drug-likeness (QED) is 0.823. The Hall–Kier alpha value is -2.28. The van der Waals surface area contributed by atoms with E-state index in [1.165, 1.54) is 0 Å². The number of nitrogens with zero attached hydrogens (tertiary/aromatic N) is 2. The van der Waals surface area contributed by atoms with E-state index in [1.807, 2.05) is 37.5 Å². The van der Waals surface area contributed by atoms with Crippen molar-refractivity contribution < 1.29 is 9.47 Å². The van der Waals surface area contributed by atoms with Crippen LogP contribution < -0.4 is 20.1 Å². The monoisotopic (exact) mass is 306 g/mol.